The lowest BCUT2D eigenvalue weighted by Gasteiger charge is -2.05. The third-order valence-electron chi connectivity index (χ3n) is 2.17. The Hall–Kier alpha value is -0.720. The van der Waals surface area contributed by atoms with Crippen molar-refractivity contribution < 1.29 is 0 Å². The van der Waals surface area contributed by atoms with Gasteiger partial charge in [-0.05, 0) is 0 Å². The van der Waals surface area contributed by atoms with Gasteiger partial charge in [-0.2, -0.15) is 0 Å². The Morgan fingerprint density at radius 2 is 1.44 bits per heavy atom. The Bertz CT molecular complexity index is 140. The maximum atomic E-state index is 3.86. The van der Waals surface area contributed by atoms with Gasteiger partial charge in [0.15, 0.2) is 0 Å². The highest BCUT2D eigenvalue weighted by Crippen LogP contribution is 2.29. The van der Waals surface area contributed by atoms with Gasteiger partial charge in [0.25, 0.3) is 0 Å². The van der Waals surface area contributed by atoms with E-state index in [2.05, 4.69) is 32.3 Å². The lowest BCUT2D eigenvalue weighted by molar-refractivity contribution is 0.560. The molecule has 0 aromatic rings. The fourth-order valence-electron chi connectivity index (χ4n) is 1.04. The van der Waals surface area contributed by atoms with Gasteiger partial charge >= 0.3 is 0 Å². The summed E-state index contributed by atoms with van der Waals surface area (Å²) in [6.45, 7) is 12.1. The summed E-state index contributed by atoms with van der Waals surface area (Å²) >= 11 is 0. The fourth-order valence-corrected chi connectivity index (χ4v) is 1.04. The molecule has 2 unspecified atom stereocenters. The molecular formula is C8H13N. The first-order valence-corrected chi connectivity index (χ1v) is 3.27. The average Bonchev–Trinajstić information content (AvgIpc) is 1.98. The third-order valence-corrected chi connectivity index (χ3v) is 2.17. The minimum Gasteiger partial charge on any atom is -0.363 e. The molecule has 0 aromatic carbocycles. The summed E-state index contributed by atoms with van der Waals surface area (Å²) in [6, 6.07) is 0. The number of rotatable bonds is 0. The molecule has 0 spiro atoms. The summed E-state index contributed by atoms with van der Waals surface area (Å²) in [5, 5.41) is 3.13. The fraction of sp³-hybridized carbons (Fsp3) is 0.500. The van der Waals surface area contributed by atoms with Crippen LogP contribution in [0.1, 0.15) is 13.8 Å². The van der Waals surface area contributed by atoms with E-state index in [-0.39, 0.29) is 0 Å². The van der Waals surface area contributed by atoms with Crippen LogP contribution >= 0.6 is 0 Å². The molecule has 1 aliphatic rings. The van der Waals surface area contributed by atoms with Crippen molar-refractivity contribution in [1.29, 1.82) is 0 Å². The Morgan fingerprint density at radius 3 is 1.56 bits per heavy atom. The van der Waals surface area contributed by atoms with Crippen LogP contribution in [-0.2, 0) is 0 Å². The molecule has 1 heterocycles. The monoisotopic (exact) mass is 123 g/mol. The lowest BCUT2D eigenvalue weighted by Crippen LogP contribution is -2.01. The quantitative estimate of drug-likeness (QED) is 0.518. The zero-order chi connectivity index (χ0) is 7.02. The van der Waals surface area contributed by atoms with E-state index >= 15 is 0 Å². The molecule has 1 aliphatic heterocycles. The predicted octanol–water partition coefficient (Wildman–Crippen LogP) is 1.89. The van der Waals surface area contributed by atoms with E-state index in [1.165, 1.54) is 0 Å². The Kier molecular flexibility index (Phi) is 1.35. The molecule has 0 amide bonds. The van der Waals surface area contributed by atoms with Crippen molar-refractivity contribution >= 4 is 0 Å². The highest BCUT2D eigenvalue weighted by Gasteiger charge is 2.25. The summed E-state index contributed by atoms with van der Waals surface area (Å²) in [5.74, 6) is 1.11. The molecule has 0 aromatic heterocycles. The van der Waals surface area contributed by atoms with Crippen LogP contribution in [0.5, 0.6) is 0 Å². The van der Waals surface area contributed by atoms with Crippen LogP contribution in [0.3, 0.4) is 0 Å². The molecular weight excluding hydrogens is 110 g/mol. The van der Waals surface area contributed by atoms with Crippen molar-refractivity contribution in [2.75, 3.05) is 0 Å². The Balaban J connectivity index is 2.77. The second-order valence-corrected chi connectivity index (χ2v) is 2.75. The molecule has 1 nitrogen and oxygen atoms in total. The molecule has 1 heteroatoms. The molecule has 1 N–H and O–H groups in total. The number of hydrogen-bond donors (Lipinski definition) is 1. The van der Waals surface area contributed by atoms with Crippen molar-refractivity contribution in [2.24, 2.45) is 11.8 Å². The van der Waals surface area contributed by atoms with Crippen LogP contribution in [0.4, 0.5) is 0 Å². The highest BCUT2D eigenvalue weighted by molar-refractivity contribution is 5.20. The summed E-state index contributed by atoms with van der Waals surface area (Å²) in [7, 11) is 0. The minimum atomic E-state index is 0.553. The molecule has 0 radical (unpaired) electrons. The van der Waals surface area contributed by atoms with Gasteiger partial charge in [-0.3, -0.25) is 0 Å². The largest absolute Gasteiger partial charge is 0.363 e. The van der Waals surface area contributed by atoms with E-state index in [1.807, 2.05) is 0 Å². The summed E-state index contributed by atoms with van der Waals surface area (Å²) in [6.07, 6.45) is 0. The van der Waals surface area contributed by atoms with Gasteiger partial charge in [0.2, 0.25) is 0 Å². The van der Waals surface area contributed by atoms with E-state index in [0.29, 0.717) is 11.8 Å². The van der Waals surface area contributed by atoms with Gasteiger partial charge in [0, 0.05) is 23.2 Å². The normalized spacial score (nSPS) is 34.9. The van der Waals surface area contributed by atoms with Crippen LogP contribution in [0, 0.1) is 11.8 Å². The molecule has 50 valence electrons. The van der Waals surface area contributed by atoms with Crippen LogP contribution in [-0.4, -0.2) is 0 Å². The molecule has 2 atom stereocenters. The molecule has 0 bridgehead atoms. The third kappa shape index (κ3) is 0.869. The zero-order valence-corrected chi connectivity index (χ0v) is 6.07. The first-order valence-electron chi connectivity index (χ1n) is 3.27. The number of nitrogens with one attached hydrogen (secondary N) is 1. The maximum Gasteiger partial charge on any atom is 0.0111 e. The van der Waals surface area contributed by atoms with Gasteiger partial charge in [-0.15, -0.1) is 0 Å². The topological polar surface area (TPSA) is 12.0 Å². The molecule has 0 aliphatic carbocycles. The van der Waals surface area contributed by atoms with E-state index in [0.717, 1.165) is 11.4 Å². The molecule has 1 fully saturated rings. The van der Waals surface area contributed by atoms with Crippen molar-refractivity contribution in [3.8, 4) is 0 Å². The molecule has 0 saturated carbocycles. The van der Waals surface area contributed by atoms with Gasteiger partial charge in [-0.1, -0.05) is 27.0 Å². The van der Waals surface area contributed by atoms with Crippen LogP contribution in [0.25, 0.3) is 0 Å². The van der Waals surface area contributed by atoms with E-state index in [4.69, 9.17) is 0 Å². The summed E-state index contributed by atoms with van der Waals surface area (Å²) in [5.41, 5.74) is 2.21. The van der Waals surface area contributed by atoms with Crippen molar-refractivity contribution in [3.05, 3.63) is 24.6 Å². The summed E-state index contributed by atoms with van der Waals surface area (Å²) in [4.78, 5) is 0. The molecule has 1 rings (SSSR count). The summed E-state index contributed by atoms with van der Waals surface area (Å²) < 4.78 is 0. The smallest absolute Gasteiger partial charge is 0.0111 e. The SMILES string of the molecule is C=C1NC(=C)C(C)C1C. The molecule has 9 heavy (non-hydrogen) atoms. The predicted molar refractivity (Wildman–Crippen MR) is 39.7 cm³/mol. The Morgan fingerprint density at radius 1 is 1.11 bits per heavy atom. The van der Waals surface area contributed by atoms with E-state index in [9.17, 15) is 0 Å². The molecule has 1 saturated heterocycles. The van der Waals surface area contributed by atoms with Crippen LogP contribution < -0.4 is 5.32 Å². The van der Waals surface area contributed by atoms with Crippen LogP contribution in [0.15, 0.2) is 24.6 Å². The van der Waals surface area contributed by atoms with E-state index < -0.39 is 0 Å². The first kappa shape index (κ1) is 6.40. The van der Waals surface area contributed by atoms with E-state index in [1.54, 1.807) is 0 Å². The second-order valence-electron chi connectivity index (χ2n) is 2.75. The van der Waals surface area contributed by atoms with Gasteiger partial charge < -0.3 is 5.32 Å². The van der Waals surface area contributed by atoms with Crippen molar-refractivity contribution in [1.82, 2.24) is 5.32 Å². The number of allylic oxidation sites excluding steroid dienone is 2. The zero-order valence-electron chi connectivity index (χ0n) is 6.07. The minimum absolute atomic E-state index is 0.553. The van der Waals surface area contributed by atoms with Gasteiger partial charge in [0.05, 0.1) is 0 Å². The maximum absolute atomic E-state index is 3.86. The second kappa shape index (κ2) is 1.90. The Labute approximate surface area is 56.5 Å². The number of hydrogen-bond acceptors (Lipinski definition) is 1. The van der Waals surface area contributed by atoms with Gasteiger partial charge in [0.1, 0.15) is 0 Å². The van der Waals surface area contributed by atoms with Crippen molar-refractivity contribution in [3.63, 3.8) is 0 Å². The first-order chi connectivity index (χ1) is 4.13. The average molecular weight is 123 g/mol. The standard InChI is InChI=1S/C8H13N/c1-5-6(2)8(4)9-7(5)3/h5-6,9H,3-4H2,1-2H3. The highest BCUT2D eigenvalue weighted by atomic mass is 14.9. The van der Waals surface area contributed by atoms with Crippen molar-refractivity contribution in [2.45, 2.75) is 13.8 Å². The lowest BCUT2D eigenvalue weighted by atomic mass is 9.97. The van der Waals surface area contributed by atoms with Crippen LogP contribution in [0.2, 0.25) is 0 Å². The van der Waals surface area contributed by atoms with Gasteiger partial charge in [-0.25, -0.2) is 0 Å².